The van der Waals surface area contributed by atoms with Crippen molar-refractivity contribution in [1.82, 2.24) is 0 Å². The molecule has 3 fully saturated rings. The molecule has 3 rings (SSSR count). The van der Waals surface area contributed by atoms with Crippen molar-refractivity contribution in [2.45, 2.75) is 117 Å². The fraction of sp³-hybridized carbons (Fsp3) is 0.920. The van der Waals surface area contributed by atoms with Crippen molar-refractivity contribution in [1.29, 1.82) is 0 Å². The Balaban J connectivity index is 1.47. The highest BCUT2D eigenvalue weighted by Crippen LogP contribution is 2.68. The summed E-state index contributed by atoms with van der Waals surface area (Å²) in [6.45, 7) is 10.9. The molecule has 0 N–H and O–H groups in total. The first kappa shape index (κ1) is 23.6. The van der Waals surface area contributed by atoms with Crippen LogP contribution in [0.3, 0.4) is 0 Å². The lowest BCUT2D eigenvalue weighted by Crippen LogP contribution is -2.35. The van der Waals surface area contributed by atoms with Crippen molar-refractivity contribution >= 4 is 11.9 Å². The molecule has 0 saturated heterocycles. The maximum atomic E-state index is 13.2. The van der Waals surface area contributed by atoms with E-state index >= 15 is 0 Å². The molecule has 0 spiro atoms. The molecule has 5 heteroatoms. The van der Waals surface area contributed by atoms with E-state index in [2.05, 4.69) is 34.6 Å². The van der Waals surface area contributed by atoms with Crippen LogP contribution < -0.4 is 0 Å². The van der Waals surface area contributed by atoms with Crippen molar-refractivity contribution in [3.05, 3.63) is 0 Å². The van der Waals surface area contributed by atoms with Gasteiger partial charge in [-0.2, -0.15) is 0 Å². The lowest BCUT2D eigenvalue weighted by Gasteiger charge is -2.32. The highest BCUT2D eigenvalue weighted by atomic mass is 16.7. The molecule has 172 valence electrons. The molecule has 3 aliphatic rings. The molecule has 30 heavy (non-hydrogen) atoms. The Hall–Kier alpha value is -1.10. The summed E-state index contributed by atoms with van der Waals surface area (Å²) in [5, 5.41) is 0. The zero-order valence-corrected chi connectivity index (χ0v) is 19.8. The van der Waals surface area contributed by atoms with Gasteiger partial charge in [-0.15, -0.1) is 0 Å². The molecular weight excluding hydrogens is 380 g/mol. The fourth-order valence-electron chi connectivity index (χ4n) is 5.61. The molecule has 3 unspecified atom stereocenters. The second-order valence-corrected chi connectivity index (χ2v) is 11.8. The first-order chi connectivity index (χ1) is 14.0. The zero-order chi connectivity index (χ0) is 22.0. The molecule has 0 aromatic rings. The van der Waals surface area contributed by atoms with Gasteiger partial charge in [0.25, 0.3) is 0 Å². The van der Waals surface area contributed by atoms with E-state index in [0.717, 1.165) is 44.9 Å². The fourth-order valence-corrected chi connectivity index (χ4v) is 5.61. The van der Waals surface area contributed by atoms with Crippen molar-refractivity contribution in [3.63, 3.8) is 0 Å². The SMILES string of the molecule is CC(C)(C)CC1(C(=O)OC2CCCC(C(=O)OCOC3CCCCC3)C2)CC1(C)C. The van der Waals surface area contributed by atoms with Gasteiger partial charge in [0.15, 0.2) is 6.79 Å². The topological polar surface area (TPSA) is 61.8 Å². The van der Waals surface area contributed by atoms with Gasteiger partial charge >= 0.3 is 11.9 Å². The first-order valence-corrected chi connectivity index (χ1v) is 12.0. The molecule has 3 aliphatic carbocycles. The Morgan fingerprint density at radius 3 is 2.17 bits per heavy atom. The van der Waals surface area contributed by atoms with Gasteiger partial charge in [0.05, 0.1) is 17.4 Å². The summed E-state index contributed by atoms with van der Waals surface area (Å²) in [5.74, 6) is -0.470. The Morgan fingerprint density at radius 1 is 0.933 bits per heavy atom. The Labute approximate surface area is 182 Å². The van der Waals surface area contributed by atoms with Crippen molar-refractivity contribution < 1.29 is 23.8 Å². The van der Waals surface area contributed by atoms with E-state index in [0.29, 0.717) is 6.42 Å². The largest absolute Gasteiger partial charge is 0.462 e. The smallest absolute Gasteiger partial charge is 0.312 e. The van der Waals surface area contributed by atoms with Gasteiger partial charge in [0, 0.05) is 0 Å². The second kappa shape index (κ2) is 9.18. The van der Waals surface area contributed by atoms with Crippen LogP contribution in [-0.2, 0) is 23.8 Å². The second-order valence-electron chi connectivity index (χ2n) is 11.8. The van der Waals surface area contributed by atoms with Gasteiger partial charge in [-0.25, -0.2) is 0 Å². The van der Waals surface area contributed by atoms with Crippen molar-refractivity contribution in [2.24, 2.45) is 22.2 Å². The van der Waals surface area contributed by atoms with Crippen LogP contribution in [0.2, 0.25) is 0 Å². The summed E-state index contributed by atoms with van der Waals surface area (Å²) in [6, 6.07) is 0. The van der Waals surface area contributed by atoms with Gasteiger partial charge in [0.1, 0.15) is 6.10 Å². The summed E-state index contributed by atoms with van der Waals surface area (Å²) in [7, 11) is 0. The molecule has 0 amide bonds. The molecule has 0 aliphatic heterocycles. The zero-order valence-electron chi connectivity index (χ0n) is 19.8. The van der Waals surface area contributed by atoms with Crippen LogP contribution in [0.5, 0.6) is 0 Å². The van der Waals surface area contributed by atoms with E-state index in [1.807, 2.05) is 0 Å². The van der Waals surface area contributed by atoms with Crippen LogP contribution >= 0.6 is 0 Å². The normalized spacial score (nSPS) is 31.8. The van der Waals surface area contributed by atoms with Crippen molar-refractivity contribution in [3.8, 4) is 0 Å². The summed E-state index contributed by atoms with van der Waals surface area (Å²) < 4.78 is 17.1. The molecule has 0 aromatic carbocycles. The van der Waals surface area contributed by atoms with Gasteiger partial charge in [-0.1, -0.05) is 53.9 Å². The minimum atomic E-state index is -0.382. The maximum absolute atomic E-state index is 13.2. The minimum absolute atomic E-state index is 0.0131. The van der Waals surface area contributed by atoms with E-state index in [9.17, 15) is 9.59 Å². The van der Waals surface area contributed by atoms with E-state index in [4.69, 9.17) is 14.2 Å². The number of carbonyl (C=O) groups is 2. The highest BCUT2D eigenvalue weighted by Gasteiger charge is 2.68. The summed E-state index contributed by atoms with van der Waals surface area (Å²) in [6.07, 6.45) is 10.6. The van der Waals surface area contributed by atoms with Crippen LogP contribution in [0.25, 0.3) is 0 Å². The van der Waals surface area contributed by atoms with Gasteiger partial charge < -0.3 is 14.2 Å². The average Bonchev–Trinajstić information content (AvgIpc) is 3.22. The molecule has 0 aromatic heterocycles. The van der Waals surface area contributed by atoms with Gasteiger partial charge in [0.2, 0.25) is 0 Å². The third-order valence-corrected chi connectivity index (χ3v) is 7.43. The predicted molar refractivity (Wildman–Crippen MR) is 116 cm³/mol. The lowest BCUT2D eigenvalue weighted by atomic mass is 9.79. The predicted octanol–water partition coefficient (Wildman–Crippen LogP) is 5.79. The highest BCUT2D eigenvalue weighted by molar-refractivity contribution is 5.82. The molecule has 5 nitrogen and oxygen atoms in total. The first-order valence-electron chi connectivity index (χ1n) is 12.0. The molecule has 0 bridgehead atoms. The maximum Gasteiger partial charge on any atom is 0.312 e. The Bertz CT molecular complexity index is 614. The summed E-state index contributed by atoms with van der Waals surface area (Å²) in [5.41, 5.74) is -0.322. The van der Waals surface area contributed by atoms with E-state index in [1.54, 1.807) is 0 Å². The molecular formula is C25H42O5. The van der Waals surface area contributed by atoms with E-state index < -0.39 is 0 Å². The number of ether oxygens (including phenoxy) is 3. The lowest BCUT2D eigenvalue weighted by molar-refractivity contribution is -0.173. The van der Waals surface area contributed by atoms with Crippen LogP contribution in [0.4, 0.5) is 0 Å². The number of hydrogen-bond acceptors (Lipinski definition) is 5. The van der Waals surface area contributed by atoms with Crippen LogP contribution in [0.1, 0.15) is 105 Å². The molecule has 3 atom stereocenters. The van der Waals surface area contributed by atoms with Crippen molar-refractivity contribution in [2.75, 3.05) is 6.79 Å². The molecule has 0 heterocycles. The van der Waals surface area contributed by atoms with Crippen LogP contribution in [-0.4, -0.2) is 30.9 Å². The van der Waals surface area contributed by atoms with Crippen LogP contribution in [0, 0.1) is 22.2 Å². The number of esters is 2. The van der Waals surface area contributed by atoms with Gasteiger partial charge in [-0.3, -0.25) is 9.59 Å². The number of rotatable bonds is 7. The van der Waals surface area contributed by atoms with E-state index in [1.165, 1.54) is 19.3 Å². The number of hydrogen-bond donors (Lipinski definition) is 0. The quantitative estimate of drug-likeness (QED) is 0.384. The molecule has 3 saturated carbocycles. The van der Waals surface area contributed by atoms with E-state index in [-0.39, 0.29) is 53.1 Å². The molecule has 0 radical (unpaired) electrons. The minimum Gasteiger partial charge on any atom is -0.462 e. The third kappa shape index (κ3) is 5.77. The third-order valence-electron chi connectivity index (χ3n) is 7.43. The standard InChI is InChI=1S/C25H42O5/c1-23(2,3)15-25(16-24(25,4)5)22(27)30-20-13-9-10-18(14-20)21(26)29-17-28-19-11-7-6-8-12-19/h18-20H,6-17H2,1-5H3. The Morgan fingerprint density at radius 2 is 1.57 bits per heavy atom. The number of carbonyl (C=O) groups excluding carboxylic acids is 2. The average molecular weight is 423 g/mol. The summed E-state index contributed by atoms with van der Waals surface area (Å²) in [4.78, 5) is 25.7. The van der Waals surface area contributed by atoms with Gasteiger partial charge in [-0.05, 0) is 62.2 Å². The summed E-state index contributed by atoms with van der Waals surface area (Å²) >= 11 is 0. The monoisotopic (exact) mass is 422 g/mol. The van der Waals surface area contributed by atoms with Crippen LogP contribution in [0.15, 0.2) is 0 Å². The Kier molecular flexibility index (Phi) is 7.21.